The first-order valence-corrected chi connectivity index (χ1v) is 11.1. The Labute approximate surface area is 166 Å². The van der Waals surface area contributed by atoms with Crippen LogP contribution in [0.2, 0.25) is 0 Å². The number of rotatable bonds is 6. The Bertz CT molecular complexity index is 1050. The van der Waals surface area contributed by atoms with Crippen molar-refractivity contribution in [3.63, 3.8) is 0 Å². The van der Waals surface area contributed by atoms with Gasteiger partial charge < -0.3 is 0 Å². The molecule has 0 atom stereocenters. The first-order valence-electron chi connectivity index (χ1n) is 9.30. The van der Waals surface area contributed by atoms with Crippen LogP contribution in [-0.2, 0) is 19.4 Å². The maximum absolute atomic E-state index is 13.3. The number of Topliss-reactive ketones (excluding diaryl/α,β-unsaturated/α-hetero) is 1. The van der Waals surface area contributed by atoms with Gasteiger partial charge in [0.15, 0.2) is 10.9 Å². The second-order valence-corrected chi connectivity index (χ2v) is 9.35. The largest absolute Gasteiger partial charge is 0.293 e. The van der Waals surface area contributed by atoms with E-state index in [1.807, 2.05) is 30.3 Å². The molecule has 4 rings (SSSR count). The smallest absolute Gasteiger partial charge is 0.263 e. The van der Waals surface area contributed by atoms with Gasteiger partial charge in [-0.3, -0.25) is 14.2 Å². The molecule has 0 amide bonds. The van der Waals surface area contributed by atoms with Gasteiger partial charge >= 0.3 is 0 Å². The average molecular weight is 399 g/mol. The molecule has 0 fully saturated rings. The van der Waals surface area contributed by atoms with Gasteiger partial charge in [-0.2, -0.15) is 0 Å². The number of hydrogen-bond acceptors (Lipinski definition) is 5. The van der Waals surface area contributed by atoms with Crippen LogP contribution < -0.4 is 5.56 Å². The predicted molar refractivity (Wildman–Crippen MR) is 112 cm³/mol. The molecule has 0 N–H and O–H groups in total. The molecule has 0 saturated carbocycles. The van der Waals surface area contributed by atoms with Gasteiger partial charge in [0, 0.05) is 17.0 Å². The van der Waals surface area contributed by atoms with E-state index >= 15 is 0 Å². The zero-order valence-corrected chi connectivity index (χ0v) is 17.2. The maximum Gasteiger partial charge on any atom is 0.263 e. The number of benzene rings is 1. The molecule has 4 nitrogen and oxygen atoms in total. The van der Waals surface area contributed by atoms with Gasteiger partial charge in [0.25, 0.3) is 5.56 Å². The molecule has 6 heteroatoms. The van der Waals surface area contributed by atoms with Gasteiger partial charge in [-0.25, -0.2) is 4.98 Å². The van der Waals surface area contributed by atoms with E-state index in [0.29, 0.717) is 23.2 Å². The Morgan fingerprint density at radius 2 is 2.04 bits per heavy atom. The van der Waals surface area contributed by atoms with Crippen LogP contribution in [0.3, 0.4) is 0 Å². The molecule has 2 heterocycles. The Morgan fingerprint density at radius 3 is 2.78 bits per heavy atom. The lowest BCUT2D eigenvalue weighted by atomic mass is 10.2. The van der Waals surface area contributed by atoms with Gasteiger partial charge in [0.2, 0.25) is 0 Å². The number of thioether (sulfide) groups is 1. The molecule has 1 aliphatic rings. The Balaban J connectivity index is 1.70. The van der Waals surface area contributed by atoms with E-state index in [9.17, 15) is 9.59 Å². The standard InChI is InChI=1S/C21H22N2O2S2/c1-13(2)11-23-20(25)18-15-9-6-10-17(15)27-19(18)22-21(23)26-12-16(24)14-7-4-3-5-8-14/h3-5,7-8,13H,6,9-12H2,1-2H3. The van der Waals surface area contributed by atoms with Crippen molar-refractivity contribution in [1.82, 2.24) is 9.55 Å². The second-order valence-electron chi connectivity index (χ2n) is 7.32. The summed E-state index contributed by atoms with van der Waals surface area (Å²) in [6, 6.07) is 9.28. The first-order chi connectivity index (χ1) is 13.0. The Morgan fingerprint density at radius 1 is 1.26 bits per heavy atom. The Hall–Kier alpha value is -1.92. The monoisotopic (exact) mass is 398 g/mol. The molecule has 0 bridgehead atoms. The van der Waals surface area contributed by atoms with Crippen molar-refractivity contribution in [3.8, 4) is 0 Å². The third-order valence-electron chi connectivity index (χ3n) is 4.77. The minimum Gasteiger partial charge on any atom is -0.293 e. The maximum atomic E-state index is 13.3. The Kier molecular flexibility index (Phi) is 5.19. The highest BCUT2D eigenvalue weighted by Crippen LogP contribution is 2.35. The van der Waals surface area contributed by atoms with Gasteiger partial charge in [0.05, 0.1) is 11.1 Å². The van der Waals surface area contributed by atoms with E-state index in [0.717, 1.165) is 29.5 Å². The van der Waals surface area contributed by atoms with Crippen LogP contribution in [-0.4, -0.2) is 21.1 Å². The van der Waals surface area contributed by atoms with Crippen LogP contribution in [0.4, 0.5) is 0 Å². The van der Waals surface area contributed by atoms with Crippen LogP contribution in [0.25, 0.3) is 10.2 Å². The van der Waals surface area contributed by atoms with Crippen LogP contribution in [0.15, 0.2) is 40.3 Å². The lowest BCUT2D eigenvalue weighted by Gasteiger charge is -2.14. The third-order valence-corrected chi connectivity index (χ3v) is 6.93. The van der Waals surface area contributed by atoms with Crippen LogP contribution >= 0.6 is 23.1 Å². The molecule has 0 aliphatic heterocycles. The molecule has 140 valence electrons. The molecular weight excluding hydrogens is 376 g/mol. The fourth-order valence-corrected chi connectivity index (χ4v) is 5.74. The molecule has 0 unspecified atom stereocenters. The summed E-state index contributed by atoms with van der Waals surface area (Å²) in [4.78, 5) is 32.7. The normalized spacial score (nSPS) is 13.4. The van der Waals surface area contributed by atoms with Gasteiger partial charge in [-0.05, 0) is 30.7 Å². The van der Waals surface area contributed by atoms with Crippen molar-refractivity contribution >= 4 is 39.1 Å². The summed E-state index contributed by atoms with van der Waals surface area (Å²) in [5, 5.41) is 1.47. The van der Waals surface area contributed by atoms with Crippen molar-refractivity contribution in [2.75, 3.05) is 5.75 Å². The number of carbonyl (C=O) groups excluding carboxylic acids is 1. The van der Waals surface area contributed by atoms with Gasteiger partial charge in [-0.1, -0.05) is 55.9 Å². The lowest BCUT2D eigenvalue weighted by molar-refractivity contribution is 0.102. The minimum atomic E-state index is 0.0553. The molecule has 27 heavy (non-hydrogen) atoms. The number of aromatic nitrogens is 2. The quantitative estimate of drug-likeness (QED) is 0.346. The van der Waals surface area contributed by atoms with Crippen LogP contribution in [0, 0.1) is 5.92 Å². The minimum absolute atomic E-state index is 0.0553. The predicted octanol–water partition coefficient (Wildman–Crippen LogP) is 4.58. The SMILES string of the molecule is CC(C)Cn1c(SCC(=O)c2ccccc2)nc2sc3c(c2c1=O)CCC3. The van der Waals surface area contributed by atoms with E-state index < -0.39 is 0 Å². The summed E-state index contributed by atoms with van der Waals surface area (Å²) in [7, 11) is 0. The third kappa shape index (κ3) is 3.60. The molecule has 0 spiro atoms. The van der Waals surface area contributed by atoms with Crippen molar-refractivity contribution < 1.29 is 4.79 Å². The number of nitrogens with zero attached hydrogens (tertiary/aromatic N) is 2. The van der Waals surface area contributed by atoms with Gasteiger partial charge in [-0.15, -0.1) is 11.3 Å². The average Bonchev–Trinajstić information content (AvgIpc) is 3.23. The fourth-order valence-electron chi connectivity index (χ4n) is 3.53. The number of aryl methyl sites for hydroxylation is 2. The molecule has 0 saturated heterocycles. The highest BCUT2D eigenvalue weighted by atomic mass is 32.2. The zero-order chi connectivity index (χ0) is 19.0. The molecule has 1 aliphatic carbocycles. The van der Waals surface area contributed by atoms with E-state index in [4.69, 9.17) is 4.98 Å². The first kappa shape index (κ1) is 18.4. The van der Waals surface area contributed by atoms with Crippen molar-refractivity contribution in [2.45, 2.75) is 44.8 Å². The molecule has 1 aromatic carbocycles. The van der Waals surface area contributed by atoms with E-state index in [1.165, 1.54) is 22.2 Å². The van der Waals surface area contributed by atoms with E-state index in [1.54, 1.807) is 15.9 Å². The van der Waals surface area contributed by atoms with Crippen molar-refractivity contribution in [3.05, 3.63) is 56.7 Å². The second kappa shape index (κ2) is 7.60. The molecular formula is C21H22N2O2S2. The number of hydrogen-bond donors (Lipinski definition) is 0. The number of thiophene rings is 1. The van der Waals surface area contributed by atoms with Crippen molar-refractivity contribution in [2.24, 2.45) is 5.92 Å². The zero-order valence-electron chi connectivity index (χ0n) is 15.5. The summed E-state index contributed by atoms with van der Waals surface area (Å²) >= 11 is 3.02. The summed E-state index contributed by atoms with van der Waals surface area (Å²) in [5.74, 6) is 0.669. The lowest BCUT2D eigenvalue weighted by Crippen LogP contribution is -2.26. The summed E-state index contributed by atoms with van der Waals surface area (Å²) in [6.07, 6.45) is 3.16. The number of ketones is 1. The van der Waals surface area contributed by atoms with Gasteiger partial charge in [0.1, 0.15) is 4.83 Å². The highest BCUT2D eigenvalue weighted by Gasteiger charge is 2.23. The summed E-state index contributed by atoms with van der Waals surface area (Å²) < 4.78 is 1.78. The highest BCUT2D eigenvalue weighted by molar-refractivity contribution is 7.99. The summed E-state index contributed by atoms with van der Waals surface area (Å²) in [5.41, 5.74) is 1.96. The number of fused-ring (bicyclic) bond motifs is 3. The van der Waals surface area contributed by atoms with Crippen LogP contribution in [0.1, 0.15) is 41.1 Å². The number of carbonyl (C=O) groups is 1. The summed E-state index contributed by atoms with van der Waals surface area (Å²) in [6.45, 7) is 4.81. The fraction of sp³-hybridized carbons (Fsp3) is 0.381. The van der Waals surface area contributed by atoms with Crippen molar-refractivity contribution in [1.29, 1.82) is 0 Å². The molecule has 3 aromatic rings. The molecule has 2 aromatic heterocycles. The van der Waals surface area contributed by atoms with Crippen LogP contribution in [0.5, 0.6) is 0 Å². The van der Waals surface area contributed by atoms with E-state index in [2.05, 4.69) is 13.8 Å². The molecule has 0 radical (unpaired) electrons. The topological polar surface area (TPSA) is 52.0 Å². The van der Waals surface area contributed by atoms with E-state index in [-0.39, 0.29) is 17.1 Å².